The van der Waals surface area contributed by atoms with Gasteiger partial charge in [0.15, 0.2) is 0 Å². The maximum absolute atomic E-state index is 15.7. The maximum Gasteiger partial charge on any atom is 0.402 e. The first-order chi connectivity index (χ1) is 21.6. The second-order valence-electron chi connectivity index (χ2n) is 10.9. The number of phenolic OH excluding ortho intramolecular Hbond substituents is 2. The van der Waals surface area contributed by atoms with Crippen molar-refractivity contribution in [2.75, 3.05) is 0 Å². The first kappa shape index (κ1) is 31.1. The fourth-order valence-electron chi connectivity index (χ4n) is 5.62. The highest BCUT2D eigenvalue weighted by Crippen LogP contribution is 2.52. The van der Waals surface area contributed by atoms with Gasteiger partial charge in [0.25, 0.3) is 0 Å². The molecule has 0 bridgehead atoms. The van der Waals surface area contributed by atoms with E-state index in [1.54, 1.807) is 104 Å². The number of allylic oxidation sites excluding steroid dienone is 5. The molecule has 5 rings (SSSR count). The lowest BCUT2D eigenvalue weighted by atomic mass is 9.72. The van der Waals surface area contributed by atoms with Crippen LogP contribution in [0.25, 0.3) is 39.0 Å². The van der Waals surface area contributed by atoms with Gasteiger partial charge in [0.2, 0.25) is 0 Å². The molecule has 2 nitrogen and oxygen atoms in total. The van der Waals surface area contributed by atoms with Crippen LogP contribution < -0.4 is 0 Å². The Hall–Kier alpha value is -5.29. The number of benzene rings is 5. The van der Waals surface area contributed by atoms with Crippen molar-refractivity contribution in [2.45, 2.75) is 25.4 Å². The number of aromatic hydroxyl groups is 2. The highest BCUT2D eigenvalue weighted by atomic mass is 19.4. The number of phenols is 2. The Morgan fingerprint density at radius 3 is 1.42 bits per heavy atom. The van der Waals surface area contributed by atoms with E-state index in [4.69, 9.17) is 0 Å². The van der Waals surface area contributed by atoms with Gasteiger partial charge in [-0.25, -0.2) is 0 Å². The molecule has 0 aliphatic rings. The molecular formula is C40H33F3O2. The number of hydrogen-bond acceptors (Lipinski definition) is 2. The van der Waals surface area contributed by atoms with Crippen LogP contribution in [-0.4, -0.2) is 16.4 Å². The van der Waals surface area contributed by atoms with Gasteiger partial charge in [0.05, 0.1) is 0 Å². The molecule has 0 spiro atoms. The van der Waals surface area contributed by atoms with Crippen LogP contribution in [0, 0.1) is 0 Å². The minimum Gasteiger partial charge on any atom is -0.507 e. The fourth-order valence-corrected chi connectivity index (χ4v) is 5.62. The molecule has 0 aliphatic carbocycles. The first-order valence-electron chi connectivity index (χ1n) is 14.5. The Bertz CT molecular complexity index is 1810. The highest BCUT2D eigenvalue weighted by Gasteiger charge is 2.54. The largest absolute Gasteiger partial charge is 0.507 e. The Kier molecular flexibility index (Phi) is 8.82. The van der Waals surface area contributed by atoms with E-state index in [1.807, 2.05) is 12.1 Å². The molecule has 1 unspecified atom stereocenters. The number of hydrogen-bond donors (Lipinski definition) is 2. The summed E-state index contributed by atoms with van der Waals surface area (Å²) < 4.78 is 47.2. The van der Waals surface area contributed by atoms with Crippen LogP contribution in [0.15, 0.2) is 146 Å². The lowest BCUT2D eigenvalue weighted by Gasteiger charge is -2.35. The molecule has 0 heterocycles. The summed E-state index contributed by atoms with van der Waals surface area (Å²) in [5.41, 5.74) is 0.639. The summed E-state index contributed by atoms with van der Waals surface area (Å²) in [5, 5.41) is 23.0. The monoisotopic (exact) mass is 602 g/mol. The zero-order valence-electron chi connectivity index (χ0n) is 25.0. The second-order valence-corrected chi connectivity index (χ2v) is 10.9. The van der Waals surface area contributed by atoms with Crippen LogP contribution in [0.5, 0.6) is 11.5 Å². The Morgan fingerprint density at radius 1 is 0.644 bits per heavy atom. The van der Waals surface area contributed by atoms with Crippen molar-refractivity contribution in [1.29, 1.82) is 0 Å². The van der Waals surface area contributed by atoms with Crippen LogP contribution in [0.4, 0.5) is 13.2 Å². The SMILES string of the molecule is C=C/C=C(\C=C/C)c1cc(C(C)(c2cc(-c3ccccc3)c(O)c(-c3ccccc3)c2)C(F)(F)F)cc(-c2ccccc2)c1O. The van der Waals surface area contributed by atoms with E-state index in [-0.39, 0.29) is 44.9 Å². The third-order valence-corrected chi connectivity index (χ3v) is 8.15. The molecule has 2 N–H and O–H groups in total. The zero-order valence-corrected chi connectivity index (χ0v) is 25.0. The third kappa shape index (κ3) is 5.94. The summed E-state index contributed by atoms with van der Waals surface area (Å²) in [7, 11) is 0. The van der Waals surface area contributed by atoms with Gasteiger partial charge < -0.3 is 10.2 Å². The summed E-state index contributed by atoms with van der Waals surface area (Å²) >= 11 is 0. The van der Waals surface area contributed by atoms with Gasteiger partial charge in [-0.3, -0.25) is 0 Å². The first-order valence-corrected chi connectivity index (χ1v) is 14.5. The van der Waals surface area contributed by atoms with Gasteiger partial charge in [0, 0.05) is 22.3 Å². The topological polar surface area (TPSA) is 40.5 Å². The van der Waals surface area contributed by atoms with Crippen molar-refractivity contribution < 1.29 is 23.4 Å². The number of halogens is 3. The summed E-state index contributed by atoms with van der Waals surface area (Å²) in [4.78, 5) is 0. The molecule has 0 radical (unpaired) electrons. The van der Waals surface area contributed by atoms with Crippen molar-refractivity contribution in [3.8, 4) is 44.9 Å². The van der Waals surface area contributed by atoms with E-state index < -0.39 is 11.6 Å². The van der Waals surface area contributed by atoms with Crippen LogP contribution in [0.2, 0.25) is 0 Å². The van der Waals surface area contributed by atoms with E-state index in [0.717, 1.165) is 6.92 Å². The summed E-state index contributed by atoms with van der Waals surface area (Å²) in [6.07, 6.45) is 1.88. The third-order valence-electron chi connectivity index (χ3n) is 8.15. The van der Waals surface area contributed by atoms with E-state index in [2.05, 4.69) is 6.58 Å². The van der Waals surface area contributed by atoms with Gasteiger partial charge in [-0.15, -0.1) is 0 Å². The molecule has 226 valence electrons. The lowest BCUT2D eigenvalue weighted by molar-refractivity contribution is -0.173. The highest BCUT2D eigenvalue weighted by molar-refractivity contribution is 5.87. The average Bonchev–Trinajstić information content (AvgIpc) is 3.05. The van der Waals surface area contributed by atoms with Gasteiger partial charge in [-0.2, -0.15) is 13.2 Å². The molecule has 0 saturated carbocycles. The van der Waals surface area contributed by atoms with Crippen molar-refractivity contribution in [3.63, 3.8) is 0 Å². The van der Waals surface area contributed by atoms with Crippen molar-refractivity contribution >= 4 is 5.57 Å². The molecule has 0 aliphatic heterocycles. The molecule has 0 aromatic heterocycles. The quantitative estimate of drug-likeness (QED) is 0.174. The van der Waals surface area contributed by atoms with Gasteiger partial charge in [-0.1, -0.05) is 122 Å². The summed E-state index contributed by atoms with van der Waals surface area (Å²) in [6, 6.07) is 32.3. The predicted octanol–water partition coefficient (Wildman–Crippen LogP) is 11.1. The van der Waals surface area contributed by atoms with Crippen molar-refractivity contribution in [3.05, 3.63) is 163 Å². The Morgan fingerprint density at radius 2 is 1.04 bits per heavy atom. The predicted molar refractivity (Wildman–Crippen MR) is 178 cm³/mol. The standard InChI is InChI=1S/C40H33F3O2/c1-4-15-27(16-5-2)33-23-31(24-34(37(33)44)28-17-9-6-10-18-28)39(3,40(41,42)43)32-25-35(29-19-11-7-12-20-29)38(45)36(26-32)30-21-13-8-14-22-30/h4-26,44-45H,1H2,2-3H3/b16-5-,27-15+. The van der Waals surface area contributed by atoms with E-state index in [0.29, 0.717) is 22.3 Å². The van der Waals surface area contributed by atoms with Gasteiger partial charge in [-0.05, 0) is 71.5 Å². The van der Waals surface area contributed by atoms with Gasteiger partial charge in [0.1, 0.15) is 16.9 Å². The Balaban J connectivity index is 1.90. The fraction of sp³-hybridized carbons (Fsp3) is 0.100. The molecule has 5 aromatic rings. The lowest BCUT2D eigenvalue weighted by Crippen LogP contribution is -2.40. The average molecular weight is 603 g/mol. The van der Waals surface area contributed by atoms with Crippen molar-refractivity contribution in [2.24, 2.45) is 0 Å². The maximum atomic E-state index is 15.7. The van der Waals surface area contributed by atoms with Crippen LogP contribution in [-0.2, 0) is 5.41 Å². The molecule has 1 atom stereocenters. The van der Waals surface area contributed by atoms with Crippen LogP contribution in [0.3, 0.4) is 0 Å². The number of alkyl halides is 3. The molecule has 5 heteroatoms. The van der Waals surface area contributed by atoms with Crippen molar-refractivity contribution in [1.82, 2.24) is 0 Å². The summed E-state index contributed by atoms with van der Waals surface area (Å²) in [6.45, 7) is 6.71. The molecular weight excluding hydrogens is 569 g/mol. The summed E-state index contributed by atoms with van der Waals surface area (Å²) in [5.74, 6) is -0.248. The minimum absolute atomic E-state index is 0.0542. The smallest absolute Gasteiger partial charge is 0.402 e. The molecule has 45 heavy (non-hydrogen) atoms. The molecule has 0 fully saturated rings. The van der Waals surface area contributed by atoms with Crippen LogP contribution in [0.1, 0.15) is 30.5 Å². The minimum atomic E-state index is -4.78. The van der Waals surface area contributed by atoms with E-state index in [9.17, 15) is 10.2 Å². The zero-order chi connectivity index (χ0) is 32.2. The van der Waals surface area contributed by atoms with Gasteiger partial charge >= 0.3 is 6.18 Å². The normalized spacial score (nSPS) is 13.5. The molecule has 0 amide bonds. The Labute approximate surface area is 261 Å². The molecule has 5 aromatic carbocycles. The van der Waals surface area contributed by atoms with E-state index in [1.165, 1.54) is 30.3 Å². The number of rotatable bonds is 8. The van der Waals surface area contributed by atoms with E-state index >= 15 is 13.2 Å². The van der Waals surface area contributed by atoms with Crippen LogP contribution >= 0.6 is 0 Å². The molecule has 0 saturated heterocycles. The second kappa shape index (κ2) is 12.7.